The average Bonchev–Trinajstić information content (AvgIpc) is 3.33. The number of amides is 2. The number of anilines is 3. The lowest BCUT2D eigenvalue weighted by molar-refractivity contribution is 0.252. The molecule has 0 spiro atoms. The van der Waals surface area contributed by atoms with Crippen molar-refractivity contribution in [3.63, 3.8) is 0 Å². The van der Waals surface area contributed by atoms with Crippen molar-refractivity contribution in [1.29, 1.82) is 0 Å². The van der Waals surface area contributed by atoms with E-state index in [1.165, 1.54) is 32.4 Å². The summed E-state index contributed by atoms with van der Waals surface area (Å²) in [7, 11) is 0. The number of hydrogen-bond donors (Lipinski definition) is 3. The third-order valence-corrected chi connectivity index (χ3v) is 7.52. The number of thiophene rings is 1. The van der Waals surface area contributed by atoms with Gasteiger partial charge in [0, 0.05) is 45.3 Å². The lowest BCUT2D eigenvalue weighted by Crippen LogP contribution is -2.29. The largest absolute Gasteiger partial charge is 0.383 e. The molecule has 1 aliphatic heterocycles. The molecule has 4 aromatic rings. The number of likely N-dealkylation sites (tertiary alicyclic amines) is 1. The Hall–Kier alpha value is -3.68. The first-order valence-corrected chi connectivity index (χ1v) is 13.2. The number of benzene rings is 2. The molecule has 2 amide bonds. The van der Waals surface area contributed by atoms with Crippen LogP contribution in [0.5, 0.6) is 0 Å². The Morgan fingerprint density at radius 2 is 1.86 bits per heavy atom. The van der Waals surface area contributed by atoms with Gasteiger partial charge in [-0.3, -0.25) is 4.90 Å². The van der Waals surface area contributed by atoms with Crippen LogP contribution in [0.2, 0.25) is 0 Å². The standard InChI is InChI=1S/C29H31N5OS/c1-20-7-5-9-24(17-20)33-29(35)32-23-12-10-21(11-13-23)25-19-36-27-22(18-31-28(30)26(25)27)8-6-16-34-14-3-2-4-15-34/h5-13,17-19H,2-4,14-16H2,1H3,(H2,30,31)(H2,32,33,35)/b8-6+. The number of nitrogens with zero attached hydrogens (tertiary/aromatic N) is 2. The van der Waals surface area contributed by atoms with E-state index in [4.69, 9.17) is 5.73 Å². The molecule has 3 heterocycles. The number of nitrogens with one attached hydrogen (secondary N) is 2. The first-order chi connectivity index (χ1) is 17.6. The summed E-state index contributed by atoms with van der Waals surface area (Å²) in [5.41, 5.74) is 12.1. The van der Waals surface area contributed by atoms with Crippen LogP contribution in [0.3, 0.4) is 0 Å². The normalized spacial score (nSPS) is 14.4. The summed E-state index contributed by atoms with van der Waals surface area (Å²) in [6.07, 6.45) is 10.2. The van der Waals surface area contributed by atoms with Crippen molar-refractivity contribution >= 4 is 50.7 Å². The highest BCUT2D eigenvalue weighted by molar-refractivity contribution is 7.18. The Labute approximate surface area is 215 Å². The molecule has 1 fully saturated rings. The summed E-state index contributed by atoms with van der Waals surface area (Å²) in [5, 5.41) is 8.88. The van der Waals surface area contributed by atoms with Gasteiger partial charge in [-0.1, -0.05) is 42.8 Å². The van der Waals surface area contributed by atoms with Gasteiger partial charge < -0.3 is 16.4 Å². The van der Waals surface area contributed by atoms with Gasteiger partial charge in [-0.05, 0) is 73.6 Å². The van der Waals surface area contributed by atoms with Crippen molar-refractivity contribution in [1.82, 2.24) is 9.88 Å². The summed E-state index contributed by atoms with van der Waals surface area (Å²) in [6, 6.07) is 15.2. The van der Waals surface area contributed by atoms with Crippen molar-refractivity contribution in [2.75, 3.05) is 36.0 Å². The molecule has 4 N–H and O–H groups in total. The molecular formula is C29H31N5OS. The first-order valence-electron chi connectivity index (χ1n) is 12.4. The van der Waals surface area contributed by atoms with Crippen molar-refractivity contribution < 1.29 is 4.79 Å². The van der Waals surface area contributed by atoms with E-state index in [1.54, 1.807) is 11.3 Å². The molecule has 0 unspecified atom stereocenters. The number of fused-ring (bicyclic) bond motifs is 1. The van der Waals surface area contributed by atoms with Crippen molar-refractivity contribution in [2.45, 2.75) is 26.2 Å². The van der Waals surface area contributed by atoms with Crippen LogP contribution in [-0.2, 0) is 0 Å². The van der Waals surface area contributed by atoms with Gasteiger partial charge in [-0.2, -0.15) is 0 Å². The third-order valence-electron chi connectivity index (χ3n) is 6.49. The van der Waals surface area contributed by atoms with Crippen LogP contribution in [0.4, 0.5) is 22.0 Å². The zero-order valence-electron chi connectivity index (χ0n) is 20.5. The zero-order valence-corrected chi connectivity index (χ0v) is 21.3. The fourth-order valence-electron chi connectivity index (χ4n) is 4.64. The van der Waals surface area contributed by atoms with Gasteiger partial charge in [0.1, 0.15) is 5.82 Å². The van der Waals surface area contributed by atoms with Gasteiger partial charge in [-0.15, -0.1) is 11.3 Å². The number of carbonyl (C=O) groups is 1. The summed E-state index contributed by atoms with van der Waals surface area (Å²) in [4.78, 5) is 19.4. The highest BCUT2D eigenvalue weighted by Crippen LogP contribution is 2.39. The molecule has 2 aromatic carbocycles. The number of nitrogen functional groups attached to an aromatic ring is 1. The van der Waals surface area contributed by atoms with E-state index in [2.05, 4.69) is 38.0 Å². The van der Waals surface area contributed by atoms with Crippen LogP contribution in [0, 0.1) is 6.92 Å². The molecular weight excluding hydrogens is 466 g/mol. The molecule has 5 rings (SSSR count). The van der Waals surface area contributed by atoms with Gasteiger partial charge in [0.25, 0.3) is 0 Å². The lowest BCUT2D eigenvalue weighted by Gasteiger charge is -2.24. The smallest absolute Gasteiger partial charge is 0.323 e. The molecule has 1 aliphatic rings. The van der Waals surface area contributed by atoms with Crippen molar-refractivity contribution in [2.24, 2.45) is 0 Å². The molecule has 1 saturated heterocycles. The quantitative estimate of drug-likeness (QED) is 0.268. The van der Waals surface area contributed by atoms with Crippen LogP contribution < -0.4 is 16.4 Å². The minimum Gasteiger partial charge on any atom is -0.383 e. The maximum atomic E-state index is 12.4. The predicted molar refractivity (Wildman–Crippen MR) is 153 cm³/mol. The highest BCUT2D eigenvalue weighted by Gasteiger charge is 2.14. The number of aromatic nitrogens is 1. The van der Waals surface area contributed by atoms with E-state index in [0.29, 0.717) is 5.82 Å². The van der Waals surface area contributed by atoms with E-state index in [9.17, 15) is 4.79 Å². The SMILES string of the molecule is Cc1cccc(NC(=O)Nc2ccc(-c3csc4c(/C=C/CN5CCCCC5)cnc(N)c34)cc2)c1. The number of piperidine rings is 1. The van der Waals surface area contributed by atoms with E-state index in [-0.39, 0.29) is 6.03 Å². The second-order valence-electron chi connectivity index (χ2n) is 9.24. The molecule has 0 aliphatic carbocycles. The Kier molecular flexibility index (Phi) is 7.30. The van der Waals surface area contributed by atoms with E-state index in [1.807, 2.05) is 61.7 Å². The maximum Gasteiger partial charge on any atom is 0.323 e. The number of nitrogens with two attached hydrogens (primary N) is 1. The average molecular weight is 498 g/mol. The Morgan fingerprint density at radius 1 is 1.08 bits per heavy atom. The Bertz CT molecular complexity index is 1390. The summed E-state index contributed by atoms with van der Waals surface area (Å²) >= 11 is 1.69. The number of pyridine rings is 1. The minimum atomic E-state index is -0.274. The number of aryl methyl sites for hydroxylation is 1. The van der Waals surface area contributed by atoms with Crippen LogP contribution in [0.15, 0.2) is 66.2 Å². The molecule has 0 bridgehead atoms. The van der Waals surface area contributed by atoms with Gasteiger partial charge in [0.15, 0.2) is 0 Å². The highest BCUT2D eigenvalue weighted by atomic mass is 32.1. The monoisotopic (exact) mass is 497 g/mol. The second-order valence-corrected chi connectivity index (χ2v) is 10.1. The van der Waals surface area contributed by atoms with Crippen LogP contribution >= 0.6 is 11.3 Å². The fraction of sp³-hybridized carbons (Fsp3) is 0.241. The topological polar surface area (TPSA) is 83.3 Å². The van der Waals surface area contributed by atoms with Crippen molar-refractivity contribution in [3.05, 3.63) is 77.3 Å². The molecule has 0 radical (unpaired) electrons. The first kappa shape index (κ1) is 24.0. The molecule has 7 heteroatoms. The van der Waals surface area contributed by atoms with Crippen LogP contribution in [-0.4, -0.2) is 35.5 Å². The number of urea groups is 1. The minimum absolute atomic E-state index is 0.274. The van der Waals surface area contributed by atoms with E-state index >= 15 is 0 Å². The summed E-state index contributed by atoms with van der Waals surface area (Å²) in [6.45, 7) is 5.33. The summed E-state index contributed by atoms with van der Waals surface area (Å²) in [5.74, 6) is 0.536. The molecule has 36 heavy (non-hydrogen) atoms. The molecule has 184 valence electrons. The predicted octanol–water partition coefficient (Wildman–Crippen LogP) is 7.00. The second kappa shape index (κ2) is 10.9. The van der Waals surface area contributed by atoms with Crippen LogP contribution in [0.25, 0.3) is 27.3 Å². The van der Waals surface area contributed by atoms with Crippen LogP contribution in [0.1, 0.15) is 30.4 Å². The molecule has 6 nitrogen and oxygen atoms in total. The number of carbonyl (C=O) groups excluding carboxylic acids is 1. The molecule has 0 saturated carbocycles. The zero-order chi connectivity index (χ0) is 24.9. The van der Waals surface area contributed by atoms with Gasteiger partial charge in [-0.25, -0.2) is 9.78 Å². The van der Waals surface area contributed by atoms with Gasteiger partial charge in [0.05, 0.1) is 0 Å². The number of hydrogen-bond acceptors (Lipinski definition) is 5. The number of rotatable bonds is 6. The molecule has 2 aromatic heterocycles. The lowest BCUT2D eigenvalue weighted by atomic mass is 10.0. The summed E-state index contributed by atoms with van der Waals surface area (Å²) < 4.78 is 1.15. The van der Waals surface area contributed by atoms with Crippen molar-refractivity contribution in [3.8, 4) is 11.1 Å². The fourth-order valence-corrected chi connectivity index (χ4v) is 5.72. The Morgan fingerprint density at radius 3 is 2.64 bits per heavy atom. The third kappa shape index (κ3) is 5.58. The Balaban J connectivity index is 1.30. The maximum absolute atomic E-state index is 12.4. The van der Waals surface area contributed by atoms with E-state index < -0.39 is 0 Å². The van der Waals surface area contributed by atoms with E-state index in [0.717, 1.165) is 50.3 Å². The van der Waals surface area contributed by atoms with Gasteiger partial charge >= 0.3 is 6.03 Å². The molecule has 0 atom stereocenters. The van der Waals surface area contributed by atoms with Gasteiger partial charge in [0.2, 0.25) is 0 Å².